The third kappa shape index (κ3) is 2.93. The Morgan fingerprint density at radius 1 is 1.03 bits per heavy atom. The second-order valence-corrected chi connectivity index (χ2v) is 7.89. The van der Waals surface area contributed by atoms with Crippen LogP contribution in [0.25, 0.3) is 28.3 Å². The van der Waals surface area contributed by atoms with Gasteiger partial charge in [-0.15, -0.1) is 10.2 Å². The van der Waals surface area contributed by atoms with Gasteiger partial charge in [0.25, 0.3) is 5.56 Å². The van der Waals surface area contributed by atoms with Gasteiger partial charge in [0.05, 0.1) is 13.7 Å². The van der Waals surface area contributed by atoms with Crippen LogP contribution in [0.2, 0.25) is 0 Å². The molecule has 0 amide bonds. The summed E-state index contributed by atoms with van der Waals surface area (Å²) in [5.74, 6) is 1.74. The Balaban J connectivity index is 1.85. The highest BCUT2D eigenvalue weighted by Crippen LogP contribution is 2.26. The molecule has 0 unspecified atom stereocenters. The van der Waals surface area contributed by atoms with E-state index in [-0.39, 0.29) is 0 Å². The Morgan fingerprint density at radius 2 is 1.78 bits per heavy atom. The predicted molar refractivity (Wildman–Crippen MR) is 121 cm³/mol. The third-order valence-corrected chi connectivity index (χ3v) is 5.82. The summed E-state index contributed by atoms with van der Waals surface area (Å²) in [4.78, 5) is 27.8. The summed E-state index contributed by atoms with van der Waals surface area (Å²) in [6, 6.07) is 13.6. The summed E-state index contributed by atoms with van der Waals surface area (Å²) >= 11 is 0. The first kappa shape index (κ1) is 19.8. The molecule has 1 N–H and O–H groups in total. The van der Waals surface area contributed by atoms with Crippen LogP contribution in [0.1, 0.15) is 16.7 Å². The van der Waals surface area contributed by atoms with Gasteiger partial charge < -0.3 is 4.74 Å². The quantitative estimate of drug-likeness (QED) is 0.472. The van der Waals surface area contributed by atoms with E-state index in [2.05, 4.69) is 33.4 Å². The van der Waals surface area contributed by atoms with Crippen LogP contribution in [0.5, 0.6) is 5.75 Å². The first-order chi connectivity index (χ1) is 15.4. The molecule has 0 saturated carbocycles. The van der Waals surface area contributed by atoms with E-state index in [1.807, 2.05) is 42.7 Å². The SMILES string of the molecule is COc1ccc(-c2nnc3n(Cc4cc(C)ccc4C)c4c(=O)[nH]c(=O)n(C)c4n23)cc1. The molecule has 0 spiro atoms. The van der Waals surface area contributed by atoms with E-state index >= 15 is 0 Å². The van der Waals surface area contributed by atoms with Crippen LogP contribution in [0, 0.1) is 13.8 Å². The van der Waals surface area contributed by atoms with Crippen molar-refractivity contribution in [1.82, 2.24) is 28.7 Å². The number of nitrogens with one attached hydrogen (secondary N) is 1. The molecular weight excluding hydrogens is 408 g/mol. The number of H-pyrrole nitrogens is 1. The standard InChI is InChI=1S/C23H22N6O3/c1-13-5-6-14(2)16(11-13)12-28-18-20(30)24-23(31)27(3)21(18)29-19(25-26-22(28)29)15-7-9-17(32-4)10-8-15/h5-11H,12H2,1-4H3,(H,24,30,31). The number of ether oxygens (including phenoxy) is 1. The van der Waals surface area contributed by atoms with Crippen LogP contribution in [-0.2, 0) is 13.6 Å². The normalized spacial score (nSPS) is 11.5. The van der Waals surface area contributed by atoms with Crippen molar-refractivity contribution in [1.29, 1.82) is 0 Å². The smallest absolute Gasteiger partial charge is 0.329 e. The maximum absolute atomic E-state index is 12.9. The van der Waals surface area contributed by atoms with Crippen LogP contribution in [0.3, 0.4) is 0 Å². The number of hydrogen-bond donors (Lipinski definition) is 1. The molecule has 9 nitrogen and oxygen atoms in total. The van der Waals surface area contributed by atoms with Crippen LogP contribution >= 0.6 is 0 Å². The number of nitrogens with zero attached hydrogens (tertiary/aromatic N) is 5. The largest absolute Gasteiger partial charge is 0.497 e. The number of aromatic nitrogens is 6. The number of benzene rings is 2. The maximum Gasteiger partial charge on any atom is 0.329 e. The van der Waals surface area contributed by atoms with Crippen LogP contribution in [-0.4, -0.2) is 35.8 Å². The first-order valence-electron chi connectivity index (χ1n) is 10.2. The van der Waals surface area contributed by atoms with E-state index in [1.165, 1.54) is 4.57 Å². The van der Waals surface area contributed by atoms with Gasteiger partial charge in [-0.05, 0) is 49.2 Å². The van der Waals surface area contributed by atoms with Gasteiger partial charge in [-0.2, -0.15) is 0 Å². The second-order valence-electron chi connectivity index (χ2n) is 7.89. The minimum Gasteiger partial charge on any atom is -0.497 e. The molecule has 0 aliphatic rings. The monoisotopic (exact) mass is 430 g/mol. The molecule has 162 valence electrons. The van der Waals surface area contributed by atoms with Gasteiger partial charge in [0, 0.05) is 12.6 Å². The topological polar surface area (TPSA) is 99.2 Å². The van der Waals surface area contributed by atoms with Gasteiger partial charge in [0.2, 0.25) is 5.78 Å². The van der Waals surface area contributed by atoms with Crippen molar-refractivity contribution in [2.75, 3.05) is 7.11 Å². The molecule has 0 aliphatic carbocycles. The lowest BCUT2D eigenvalue weighted by Crippen LogP contribution is -2.29. The summed E-state index contributed by atoms with van der Waals surface area (Å²) in [5.41, 5.74) is 3.93. The fourth-order valence-electron chi connectivity index (χ4n) is 4.06. The lowest BCUT2D eigenvalue weighted by Gasteiger charge is -2.09. The molecule has 0 aliphatic heterocycles. The molecule has 5 aromatic rings. The summed E-state index contributed by atoms with van der Waals surface area (Å²) < 4.78 is 10.2. The van der Waals surface area contributed by atoms with E-state index in [1.54, 1.807) is 18.6 Å². The zero-order valence-electron chi connectivity index (χ0n) is 18.2. The van der Waals surface area contributed by atoms with Gasteiger partial charge in [-0.1, -0.05) is 23.8 Å². The van der Waals surface area contributed by atoms with Gasteiger partial charge in [0.15, 0.2) is 17.0 Å². The molecule has 32 heavy (non-hydrogen) atoms. The number of imidazole rings is 1. The molecule has 9 heteroatoms. The second kappa shape index (κ2) is 7.23. The summed E-state index contributed by atoms with van der Waals surface area (Å²) in [7, 11) is 3.23. The highest BCUT2D eigenvalue weighted by Gasteiger charge is 2.23. The summed E-state index contributed by atoms with van der Waals surface area (Å²) in [6.07, 6.45) is 0. The Labute approximate surface area is 182 Å². The highest BCUT2D eigenvalue weighted by molar-refractivity contribution is 5.80. The molecular formula is C23H22N6O3. The summed E-state index contributed by atoms with van der Waals surface area (Å²) in [5, 5.41) is 8.81. The fourth-order valence-corrected chi connectivity index (χ4v) is 4.06. The first-order valence-corrected chi connectivity index (χ1v) is 10.2. The van der Waals surface area contributed by atoms with E-state index in [4.69, 9.17) is 4.74 Å². The molecule has 0 radical (unpaired) electrons. The highest BCUT2D eigenvalue weighted by atomic mass is 16.5. The van der Waals surface area contributed by atoms with Gasteiger partial charge in [-0.25, -0.2) is 9.20 Å². The molecule has 5 rings (SSSR count). The van der Waals surface area contributed by atoms with Crippen LogP contribution < -0.4 is 16.0 Å². The van der Waals surface area contributed by atoms with E-state index in [0.717, 1.165) is 28.0 Å². The third-order valence-electron chi connectivity index (χ3n) is 5.82. The Morgan fingerprint density at radius 3 is 2.50 bits per heavy atom. The van der Waals surface area contributed by atoms with Crippen LogP contribution in [0.4, 0.5) is 0 Å². The average Bonchev–Trinajstić information content (AvgIpc) is 3.34. The minimum atomic E-state index is -0.498. The van der Waals surface area contributed by atoms with Gasteiger partial charge >= 0.3 is 5.69 Å². The zero-order chi connectivity index (χ0) is 22.6. The number of hydrogen-bond acceptors (Lipinski definition) is 5. The molecule has 0 bridgehead atoms. The molecule has 3 heterocycles. The number of fused-ring (bicyclic) bond motifs is 3. The summed E-state index contributed by atoms with van der Waals surface area (Å²) in [6.45, 7) is 4.48. The lowest BCUT2D eigenvalue weighted by atomic mass is 10.1. The number of rotatable bonds is 4. The van der Waals surface area contributed by atoms with Crippen LogP contribution in [0.15, 0.2) is 52.1 Å². The lowest BCUT2D eigenvalue weighted by molar-refractivity contribution is 0.415. The van der Waals surface area contributed by atoms with Crippen molar-refractivity contribution >= 4 is 16.9 Å². The Kier molecular flexibility index (Phi) is 4.47. The van der Waals surface area contributed by atoms with E-state index < -0.39 is 11.2 Å². The molecule has 2 aromatic carbocycles. The molecule has 0 fully saturated rings. The van der Waals surface area contributed by atoms with Crippen molar-refractivity contribution in [3.8, 4) is 17.1 Å². The number of aryl methyl sites for hydroxylation is 3. The van der Waals surface area contributed by atoms with E-state index in [0.29, 0.717) is 29.3 Å². The van der Waals surface area contributed by atoms with Crippen molar-refractivity contribution in [3.05, 3.63) is 80.0 Å². The minimum absolute atomic E-state index is 0.368. The van der Waals surface area contributed by atoms with Crippen molar-refractivity contribution < 1.29 is 4.74 Å². The zero-order valence-corrected chi connectivity index (χ0v) is 18.2. The van der Waals surface area contributed by atoms with Crippen molar-refractivity contribution in [2.45, 2.75) is 20.4 Å². The predicted octanol–water partition coefficient (Wildman–Crippen LogP) is 2.41. The number of aromatic amines is 1. The van der Waals surface area contributed by atoms with Crippen molar-refractivity contribution in [2.24, 2.45) is 7.05 Å². The number of methoxy groups -OCH3 is 1. The van der Waals surface area contributed by atoms with Gasteiger partial charge in [0.1, 0.15) is 5.75 Å². The Hall–Kier alpha value is -4.14. The van der Waals surface area contributed by atoms with E-state index in [9.17, 15) is 9.59 Å². The van der Waals surface area contributed by atoms with Crippen molar-refractivity contribution in [3.63, 3.8) is 0 Å². The fraction of sp³-hybridized carbons (Fsp3) is 0.217. The molecule has 0 saturated heterocycles. The van der Waals surface area contributed by atoms with Gasteiger partial charge in [-0.3, -0.25) is 18.9 Å². The molecule has 3 aromatic heterocycles. The Bertz CT molecular complexity index is 1600. The molecule has 0 atom stereocenters. The average molecular weight is 430 g/mol. The maximum atomic E-state index is 12.9.